The third kappa shape index (κ3) is 3.10. The summed E-state index contributed by atoms with van der Waals surface area (Å²) in [5.41, 5.74) is 6.19. The number of ether oxygens (including phenoxy) is 2. The van der Waals surface area contributed by atoms with Gasteiger partial charge in [0.1, 0.15) is 6.04 Å². The summed E-state index contributed by atoms with van der Waals surface area (Å²) in [6.07, 6.45) is 0.183. The van der Waals surface area contributed by atoms with Crippen molar-refractivity contribution in [3.8, 4) is 11.5 Å². The van der Waals surface area contributed by atoms with E-state index in [2.05, 4.69) is 15.9 Å². The summed E-state index contributed by atoms with van der Waals surface area (Å²) >= 11 is 3.32. The van der Waals surface area contributed by atoms with E-state index in [-0.39, 0.29) is 6.42 Å². The van der Waals surface area contributed by atoms with Crippen molar-refractivity contribution in [3.63, 3.8) is 0 Å². The molecule has 0 saturated heterocycles. The van der Waals surface area contributed by atoms with Gasteiger partial charge in [-0.1, -0.05) is 6.07 Å². The maximum atomic E-state index is 10.7. The fourth-order valence-corrected chi connectivity index (χ4v) is 1.95. The highest BCUT2D eigenvalue weighted by molar-refractivity contribution is 9.10. The summed E-state index contributed by atoms with van der Waals surface area (Å²) in [4.78, 5) is 10.7. The molecule has 0 spiro atoms. The van der Waals surface area contributed by atoms with Gasteiger partial charge in [0.2, 0.25) is 0 Å². The molecule has 0 aliphatic rings. The van der Waals surface area contributed by atoms with Crippen molar-refractivity contribution in [2.45, 2.75) is 12.5 Å². The second kappa shape index (κ2) is 5.88. The largest absolute Gasteiger partial charge is 0.493 e. The van der Waals surface area contributed by atoms with E-state index in [1.807, 2.05) is 0 Å². The molecular formula is C11H14BrNO4. The third-order valence-corrected chi connectivity index (χ3v) is 2.94. The molecule has 1 atom stereocenters. The van der Waals surface area contributed by atoms with E-state index in [1.54, 1.807) is 12.1 Å². The van der Waals surface area contributed by atoms with Gasteiger partial charge < -0.3 is 20.3 Å². The minimum absolute atomic E-state index is 0.183. The molecule has 0 saturated carbocycles. The van der Waals surface area contributed by atoms with Gasteiger partial charge in [-0.25, -0.2) is 0 Å². The number of benzene rings is 1. The molecule has 17 heavy (non-hydrogen) atoms. The first-order chi connectivity index (χ1) is 8.01. The van der Waals surface area contributed by atoms with Crippen LogP contribution in [-0.2, 0) is 11.2 Å². The first-order valence-corrected chi connectivity index (χ1v) is 5.68. The lowest BCUT2D eigenvalue weighted by molar-refractivity contribution is -0.138. The van der Waals surface area contributed by atoms with Crippen LogP contribution >= 0.6 is 15.9 Å². The number of halogens is 1. The molecule has 0 bridgehead atoms. The van der Waals surface area contributed by atoms with Gasteiger partial charge in [0.05, 0.1) is 18.7 Å². The first kappa shape index (κ1) is 13.8. The molecule has 1 rings (SSSR count). The Kier molecular flexibility index (Phi) is 4.77. The smallest absolute Gasteiger partial charge is 0.320 e. The minimum Gasteiger partial charge on any atom is -0.493 e. The molecule has 6 heteroatoms. The number of methoxy groups -OCH3 is 2. The average Bonchev–Trinajstić information content (AvgIpc) is 2.30. The number of hydrogen-bond donors (Lipinski definition) is 2. The van der Waals surface area contributed by atoms with Gasteiger partial charge in [-0.15, -0.1) is 0 Å². The van der Waals surface area contributed by atoms with Crippen LogP contribution in [0.1, 0.15) is 5.56 Å². The van der Waals surface area contributed by atoms with Crippen molar-refractivity contribution in [2.24, 2.45) is 5.73 Å². The van der Waals surface area contributed by atoms with E-state index in [0.717, 1.165) is 4.47 Å². The Balaban J connectivity index is 3.12. The molecule has 1 aromatic rings. The summed E-state index contributed by atoms with van der Waals surface area (Å²) < 4.78 is 11.2. The molecule has 1 aromatic carbocycles. The normalized spacial score (nSPS) is 12.0. The Hall–Kier alpha value is -1.27. The van der Waals surface area contributed by atoms with E-state index in [9.17, 15) is 4.79 Å². The Morgan fingerprint density at radius 3 is 2.47 bits per heavy atom. The molecule has 94 valence electrons. The zero-order chi connectivity index (χ0) is 13.0. The van der Waals surface area contributed by atoms with Crippen LogP contribution in [0.5, 0.6) is 11.5 Å². The van der Waals surface area contributed by atoms with Crippen molar-refractivity contribution >= 4 is 21.9 Å². The minimum atomic E-state index is -1.05. The molecule has 0 radical (unpaired) electrons. The molecule has 0 aliphatic carbocycles. The average molecular weight is 304 g/mol. The van der Waals surface area contributed by atoms with Crippen LogP contribution in [0.2, 0.25) is 0 Å². The van der Waals surface area contributed by atoms with Gasteiger partial charge in [0.25, 0.3) is 0 Å². The Labute approximate surface area is 108 Å². The van der Waals surface area contributed by atoms with Gasteiger partial charge in [-0.05, 0) is 22.0 Å². The van der Waals surface area contributed by atoms with Crippen LogP contribution in [0.3, 0.4) is 0 Å². The van der Waals surface area contributed by atoms with Crippen molar-refractivity contribution in [1.82, 2.24) is 0 Å². The highest BCUT2D eigenvalue weighted by Crippen LogP contribution is 2.38. The van der Waals surface area contributed by atoms with E-state index in [1.165, 1.54) is 14.2 Å². The maximum absolute atomic E-state index is 10.7. The first-order valence-electron chi connectivity index (χ1n) is 4.89. The van der Waals surface area contributed by atoms with E-state index < -0.39 is 12.0 Å². The number of nitrogens with two attached hydrogens (primary N) is 1. The topological polar surface area (TPSA) is 81.8 Å². The fraction of sp³-hybridized carbons (Fsp3) is 0.364. The van der Waals surface area contributed by atoms with E-state index in [4.69, 9.17) is 20.3 Å². The summed E-state index contributed by atoms with van der Waals surface area (Å²) in [6, 6.07) is 2.56. The molecule has 0 fully saturated rings. The van der Waals surface area contributed by atoms with Gasteiger partial charge in [0, 0.05) is 12.0 Å². The number of rotatable bonds is 5. The maximum Gasteiger partial charge on any atom is 0.320 e. The molecule has 3 N–H and O–H groups in total. The molecule has 0 aromatic heterocycles. The van der Waals surface area contributed by atoms with Gasteiger partial charge in [-0.2, -0.15) is 0 Å². The van der Waals surface area contributed by atoms with Crippen LogP contribution in [0.15, 0.2) is 16.6 Å². The Morgan fingerprint density at radius 2 is 2.00 bits per heavy atom. The van der Waals surface area contributed by atoms with Crippen molar-refractivity contribution in [3.05, 3.63) is 22.2 Å². The number of carboxylic acid groups (broad SMARTS) is 1. The molecule has 5 nitrogen and oxygen atoms in total. The second-order valence-electron chi connectivity index (χ2n) is 3.42. The molecule has 1 unspecified atom stereocenters. The lowest BCUT2D eigenvalue weighted by Crippen LogP contribution is -2.32. The van der Waals surface area contributed by atoms with Gasteiger partial charge in [0.15, 0.2) is 11.5 Å². The zero-order valence-electron chi connectivity index (χ0n) is 9.57. The Morgan fingerprint density at radius 1 is 1.41 bits per heavy atom. The predicted octanol–water partition coefficient (Wildman–Crippen LogP) is 1.42. The fourth-order valence-electron chi connectivity index (χ4n) is 1.48. The van der Waals surface area contributed by atoms with Crippen LogP contribution in [0.25, 0.3) is 0 Å². The Bertz CT molecular complexity index is 422. The standard InChI is InChI=1S/C11H14BrNO4/c1-16-9-6(5-8(13)11(14)15)3-4-7(12)10(9)17-2/h3-4,8H,5,13H2,1-2H3,(H,14,15). The van der Waals surface area contributed by atoms with Gasteiger partial charge >= 0.3 is 5.97 Å². The SMILES string of the molecule is COc1c(Br)ccc(CC(N)C(=O)O)c1OC. The highest BCUT2D eigenvalue weighted by atomic mass is 79.9. The number of aliphatic carboxylic acids is 1. The van der Waals surface area contributed by atoms with Crippen LogP contribution in [0.4, 0.5) is 0 Å². The summed E-state index contributed by atoms with van der Waals surface area (Å²) in [6.45, 7) is 0. The number of hydrogen-bond acceptors (Lipinski definition) is 4. The predicted molar refractivity (Wildman–Crippen MR) is 66.6 cm³/mol. The van der Waals surface area contributed by atoms with Crippen LogP contribution < -0.4 is 15.2 Å². The quantitative estimate of drug-likeness (QED) is 0.860. The van der Waals surface area contributed by atoms with E-state index >= 15 is 0 Å². The summed E-state index contributed by atoms with van der Waals surface area (Å²) in [5, 5.41) is 8.78. The van der Waals surface area contributed by atoms with Crippen LogP contribution in [0, 0.1) is 0 Å². The second-order valence-corrected chi connectivity index (χ2v) is 4.28. The molecular weight excluding hydrogens is 290 g/mol. The lowest BCUT2D eigenvalue weighted by Gasteiger charge is -2.15. The highest BCUT2D eigenvalue weighted by Gasteiger charge is 2.19. The van der Waals surface area contributed by atoms with Crippen molar-refractivity contribution < 1.29 is 19.4 Å². The third-order valence-electron chi connectivity index (χ3n) is 2.31. The molecule has 0 amide bonds. The van der Waals surface area contributed by atoms with Crippen molar-refractivity contribution in [2.75, 3.05) is 14.2 Å². The van der Waals surface area contributed by atoms with Gasteiger partial charge in [-0.3, -0.25) is 4.79 Å². The summed E-state index contributed by atoms with van der Waals surface area (Å²) in [5.74, 6) is -0.0184. The summed E-state index contributed by atoms with van der Waals surface area (Å²) in [7, 11) is 3.02. The molecule has 0 aliphatic heterocycles. The van der Waals surface area contributed by atoms with Crippen LogP contribution in [-0.4, -0.2) is 31.3 Å². The molecule has 0 heterocycles. The number of carboxylic acids is 1. The van der Waals surface area contributed by atoms with Crippen molar-refractivity contribution in [1.29, 1.82) is 0 Å². The number of carbonyl (C=O) groups is 1. The van der Waals surface area contributed by atoms with E-state index in [0.29, 0.717) is 17.1 Å². The lowest BCUT2D eigenvalue weighted by atomic mass is 10.1. The monoisotopic (exact) mass is 303 g/mol. The zero-order valence-corrected chi connectivity index (χ0v) is 11.2.